The second-order valence-corrected chi connectivity index (χ2v) is 8.50. The Bertz CT molecular complexity index is 591. The molecule has 2 rings (SSSR count). The SMILES string of the molecule is CCN1CCC(NS(=O)(=O)c2c(Br)cc(N)cc2Br)CC1. The molecule has 0 aliphatic carbocycles. The molecule has 8 heteroatoms. The van der Waals surface area contributed by atoms with Crippen molar-refractivity contribution in [2.45, 2.75) is 30.7 Å². The molecule has 0 aromatic heterocycles. The molecule has 1 aromatic carbocycles. The van der Waals surface area contributed by atoms with Gasteiger partial charge in [0.2, 0.25) is 10.0 Å². The molecule has 0 spiro atoms. The molecule has 1 fully saturated rings. The van der Waals surface area contributed by atoms with Crippen molar-refractivity contribution in [1.29, 1.82) is 0 Å². The Morgan fingerprint density at radius 1 is 1.29 bits per heavy atom. The highest BCUT2D eigenvalue weighted by Crippen LogP contribution is 2.32. The zero-order valence-corrected chi connectivity index (χ0v) is 15.8. The predicted octanol–water partition coefficient (Wildman–Crippen LogP) is 2.56. The molecule has 118 valence electrons. The van der Waals surface area contributed by atoms with Crippen LogP contribution in [0, 0.1) is 0 Å². The summed E-state index contributed by atoms with van der Waals surface area (Å²) >= 11 is 6.56. The maximum Gasteiger partial charge on any atom is 0.243 e. The fourth-order valence-corrected chi connectivity index (χ4v) is 6.41. The van der Waals surface area contributed by atoms with Crippen LogP contribution in [0.1, 0.15) is 19.8 Å². The second kappa shape index (κ2) is 6.95. The van der Waals surface area contributed by atoms with Crippen LogP contribution in [-0.4, -0.2) is 39.0 Å². The van der Waals surface area contributed by atoms with Crippen molar-refractivity contribution in [3.63, 3.8) is 0 Å². The number of nitrogens with two attached hydrogens (primary N) is 1. The lowest BCUT2D eigenvalue weighted by Crippen LogP contribution is -2.44. The summed E-state index contributed by atoms with van der Waals surface area (Å²) in [7, 11) is -3.58. The molecule has 0 saturated carbocycles. The van der Waals surface area contributed by atoms with E-state index in [1.807, 2.05) is 0 Å². The Labute approximate surface area is 142 Å². The molecule has 21 heavy (non-hydrogen) atoms. The summed E-state index contributed by atoms with van der Waals surface area (Å²) in [6, 6.07) is 3.17. The van der Waals surface area contributed by atoms with Crippen molar-refractivity contribution in [2.75, 3.05) is 25.4 Å². The zero-order valence-electron chi connectivity index (χ0n) is 11.8. The van der Waals surface area contributed by atoms with Gasteiger partial charge in [-0.05, 0) is 76.5 Å². The third-order valence-corrected chi connectivity index (χ3v) is 7.04. The number of benzene rings is 1. The molecule has 1 aromatic rings. The van der Waals surface area contributed by atoms with Gasteiger partial charge in [0, 0.05) is 20.7 Å². The number of piperidine rings is 1. The van der Waals surface area contributed by atoms with Crippen LogP contribution < -0.4 is 10.5 Å². The zero-order chi connectivity index (χ0) is 15.6. The van der Waals surface area contributed by atoms with Crippen molar-refractivity contribution >= 4 is 47.6 Å². The number of hydrogen-bond donors (Lipinski definition) is 2. The maximum atomic E-state index is 12.6. The minimum Gasteiger partial charge on any atom is -0.399 e. The number of nitrogens with zero attached hydrogens (tertiary/aromatic N) is 1. The number of likely N-dealkylation sites (tertiary alicyclic amines) is 1. The van der Waals surface area contributed by atoms with Gasteiger partial charge in [0.15, 0.2) is 0 Å². The van der Waals surface area contributed by atoms with E-state index >= 15 is 0 Å². The van der Waals surface area contributed by atoms with Crippen LogP contribution in [0.4, 0.5) is 5.69 Å². The average Bonchev–Trinajstić information content (AvgIpc) is 2.37. The summed E-state index contributed by atoms with van der Waals surface area (Å²) < 4.78 is 28.9. The lowest BCUT2D eigenvalue weighted by Gasteiger charge is -2.31. The van der Waals surface area contributed by atoms with E-state index in [0.717, 1.165) is 32.5 Å². The third kappa shape index (κ3) is 4.19. The fraction of sp³-hybridized carbons (Fsp3) is 0.538. The first kappa shape index (κ1) is 17.2. The molecule has 0 amide bonds. The van der Waals surface area contributed by atoms with Crippen LogP contribution in [0.2, 0.25) is 0 Å². The number of nitrogen functional groups attached to an aromatic ring is 1. The highest BCUT2D eigenvalue weighted by atomic mass is 79.9. The Morgan fingerprint density at radius 3 is 2.29 bits per heavy atom. The van der Waals surface area contributed by atoms with Gasteiger partial charge >= 0.3 is 0 Å². The van der Waals surface area contributed by atoms with Crippen molar-refractivity contribution < 1.29 is 8.42 Å². The van der Waals surface area contributed by atoms with E-state index in [2.05, 4.69) is 48.4 Å². The van der Waals surface area contributed by atoms with Gasteiger partial charge in [0.25, 0.3) is 0 Å². The summed E-state index contributed by atoms with van der Waals surface area (Å²) in [6.45, 7) is 4.98. The first-order valence-electron chi connectivity index (χ1n) is 6.82. The molecule has 1 aliphatic heterocycles. The van der Waals surface area contributed by atoms with Crippen molar-refractivity contribution in [3.05, 3.63) is 21.1 Å². The third-order valence-electron chi connectivity index (χ3n) is 3.65. The van der Waals surface area contributed by atoms with Crippen LogP contribution in [0.25, 0.3) is 0 Å². The van der Waals surface area contributed by atoms with E-state index in [1.165, 1.54) is 0 Å². The van der Waals surface area contributed by atoms with Crippen LogP contribution in [0.15, 0.2) is 26.0 Å². The van der Waals surface area contributed by atoms with Crippen LogP contribution in [0.3, 0.4) is 0 Å². The van der Waals surface area contributed by atoms with E-state index in [1.54, 1.807) is 12.1 Å². The van der Waals surface area contributed by atoms with Gasteiger partial charge in [-0.25, -0.2) is 13.1 Å². The summed E-state index contributed by atoms with van der Waals surface area (Å²) in [5.74, 6) is 0. The lowest BCUT2D eigenvalue weighted by molar-refractivity contribution is 0.217. The van der Waals surface area contributed by atoms with E-state index < -0.39 is 10.0 Å². The molecule has 1 saturated heterocycles. The maximum absolute atomic E-state index is 12.6. The quantitative estimate of drug-likeness (QED) is 0.705. The number of anilines is 1. The standard InChI is InChI=1S/C13H19Br2N3O2S/c1-2-18-5-3-10(4-6-18)17-21(19,20)13-11(14)7-9(16)8-12(13)15/h7-8,10,17H,2-6,16H2,1H3. The number of nitrogens with one attached hydrogen (secondary N) is 1. The molecule has 3 N–H and O–H groups in total. The monoisotopic (exact) mass is 439 g/mol. The normalized spacial score (nSPS) is 18.0. The first-order chi connectivity index (χ1) is 9.83. The molecule has 1 heterocycles. The molecule has 0 unspecified atom stereocenters. The Morgan fingerprint density at radius 2 is 1.81 bits per heavy atom. The van der Waals surface area contributed by atoms with Gasteiger partial charge in [0.1, 0.15) is 4.90 Å². The Hall–Kier alpha value is -0.150. The Balaban J connectivity index is 2.16. The summed E-state index contributed by atoms with van der Waals surface area (Å²) in [6.07, 6.45) is 1.66. The summed E-state index contributed by atoms with van der Waals surface area (Å²) in [5, 5.41) is 0. The van der Waals surface area contributed by atoms with Gasteiger partial charge < -0.3 is 10.6 Å². The Kier molecular flexibility index (Phi) is 5.70. The van der Waals surface area contributed by atoms with Crippen molar-refractivity contribution in [3.8, 4) is 0 Å². The van der Waals surface area contributed by atoms with Gasteiger partial charge in [0.05, 0.1) is 0 Å². The number of halogens is 2. The van der Waals surface area contributed by atoms with Crippen molar-refractivity contribution in [1.82, 2.24) is 9.62 Å². The molecule has 5 nitrogen and oxygen atoms in total. The summed E-state index contributed by atoms with van der Waals surface area (Å²) in [4.78, 5) is 2.52. The van der Waals surface area contributed by atoms with E-state index in [-0.39, 0.29) is 10.9 Å². The molecule has 0 radical (unpaired) electrons. The number of hydrogen-bond acceptors (Lipinski definition) is 4. The molecule has 0 atom stereocenters. The van der Waals surface area contributed by atoms with Crippen LogP contribution >= 0.6 is 31.9 Å². The molecular formula is C13H19Br2N3O2S. The van der Waals surface area contributed by atoms with Gasteiger partial charge in [-0.15, -0.1) is 0 Å². The second-order valence-electron chi connectivity index (χ2n) is 5.14. The minimum absolute atomic E-state index is 0.0193. The number of sulfonamides is 1. The topological polar surface area (TPSA) is 75.4 Å². The van der Waals surface area contributed by atoms with Gasteiger partial charge in [-0.2, -0.15) is 0 Å². The smallest absolute Gasteiger partial charge is 0.243 e. The highest BCUT2D eigenvalue weighted by molar-refractivity contribution is 9.11. The molecule has 0 bridgehead atoms. The van der Waals surface area contributed by atoms with Crippen LogP contribution in [-0.2, 0) is 10.0 Å². The molecule has 1 aliphatic rings. The van der Waals surface area contributed by atoms with Gasteiger partial charge in [-0.3, -0.25) is 0 Å². The van der Waals surface area contributed by atoms with E-state index in [4.69, 9.17) is 5.73 Å². The van der Waals surface area contributed by atoms with E-state index in [9.17, 15) is 8.42 Å². The first-order valence-corrected chi connectivity index (χ1v) is 9.89. The van der Waals surface area contributed by atoms with Crippen molar-refractivity contribution in [2.24, 2.45) is 0 Å². The minimum atomic E-state index is -3.58. The summed E-state index contributed by atoms with van der Waals surface area (Å²) in [5.41, 5.74) is 6.21. The van der Waals surface area contributed by atoms with Crippen LogP contribution in [0.5, 0.6) is 0 Å². The lowest BCUT2D eigenvalue weighted by atomic mass is 10.1. The molecular weight excluding hydrogens is 422 g/mol. The highest BCUT2D eigenvalue weighted by Gasteiger charge is 2.27. The number of rotatable bonds is 4. The largest absolute Gasteiger partial charge is 0.399 e. The van der Waals surface area contributed by atoms with Gasteiger partial charge in [-0.1, -0.05) is 6.92 Å². The average molecular weight is 441 g/mol. The predicted molar refractivity (Wildman–Crippen MR) is 91.7 cm³/mol. The fourth-order valence-electron chi connectivity index (χ4n) is 2.48. The van der Waals surface area contributed by atoms with E-state index in [0.29, 0.717) is 14.6 Å².